The van der Waals surface area contributed by atoms with E-state index in [0.717, 1.165) is 24.9 Å². The molecule has 1 aromatic carbocycles. The van der Waals surface area contributed by atoms with E-state index in [1.807, 2.05) is 12.1 Å². The first-order valence-corrected chi connectivity index (χ1v) is 10.3. The highest BCUT2D eigenvalue weighted by Gasteiger charge is 2.44. The van der Waals surface area contributed by atoms with E-state index in [2.05, 4.69) is 11.4 Å². The van der Waals surface area contributed by atoms with Crippen LogP contribution in [0, 0.1) is 23.2 Å². The number of methoxy groups -OCH3 is 1. The Hall–Kier alpha value is -2.46. The molecule has 8 heteroatoms. The van der Waals surface area contributed by atoms with Gasteiger partial charge in [0.1, 0.15) is 12.1 Å². The highest BCUT2D eigenvalue weighted by molar-refractivity contribution is 6.32. The van der Waals surface area contributed by atoms with Crippen LogP contribution in [0.1, 0.15) is 38.2 Å². The fourth-order valence-corrected chi connectivity index (χ4v) is 4.76. The number of nitrogens with one attached hydrogen (secondary N) is 1. The largest absolute Gasteiger partial charge is 0.464 e. The molecule has 1 N–H and O–H groups in total. The Kier molecular flexibility index (Phi) is 6.86. The standard InChI is InChI=1S/C21H26ClN3O4/c1-3-29-20(26)19-10-14-9-15(8-7-13(14)12-25(19)21(27)28-2)24-18-6-4-5-17(22)16(18)11-23/h4-6,13-15,19,24H,3,7-10,12H2,1-2H3/t13-,14+,15-,19-/m0/s1. The molecule has 1 aliphatic carbocycles. The third-order valence-electron chi connectivity index (χ3n) is 5.93. The van der Waals surface area contributed by atoms with Gasteiger partial charge < -0.3 is 14.8 Å². The summed E-state index contributed by atoms with van der Waals surface area (Å²) in [6, 6.07) is 7.09. The van der Waals surface area contributed by atoms with Crippen molar-refractivity contribution < 1.29 is 19.1 Å². The molecule has 0 bridgehead atoms. The van der Waals surface area contributed by atoms with Gasteiger partial charge in [-0.25, -0.2) is 9.59 Å². The normalized spacial score (nSPS) is 26.1. The van der Waals surface area contributed by atoms with Gasteiger partial charge in [-0.1, -0.05) is 17.7 Å². The summed E-state index contributed by atoms with van der Waals surface area (Å²) >= 11 is 6.14. The Balaban J connectivity index is 1.73. The Morgan fingerprint density at radius 2 is 2.10 bits per heavy atom. The Morgan fingerprint density at radius 3 is 2.79 bits per heavy atom. The summed E-state index contributed by atoms with van der Waals surface area (Å²) in [4.78, 5) is 26.2. The number of rotatable bonds is 4. The number of anilines is 1. The van der Waals surface area contributed by atoms with E-state index in [1.165, 1.54) is 12.0 Å². The number of amides is 1. The van der Waals surface area contributed by atoms with Crippen LogP contribution in [0.15, 0.2) is 18.2 Å². The second kappa shape index (κ2) is 9.36. The third-order valence-corrected chi connectivity index (χ3v) is 6.24. The zero-order chi connectivity index (χ0) is 21.0. The molecular weight excluding hydrogens is 394 g/mol. The lowest BCUT2D eigenvalue weighted by Crippen LogP contribution is -2.55. The monoisotopic (exact) mass is 419 g/mol. The van der Waals surface area contributed by atoms with Crippen LogP contribution in [0.3, 0.4) is 0 Å². The number of likely N-dealkylation sites (tertiary alicyclic amines) is 1. The van der Waals surface area contributed by atoms with E-state index < -0.39 is 12.1 Å². The average Bonchev–Trinajstić information content (AvgIpc) is 2.72. The van der Waals surface area contributed by atoms with Crippen LogP contribution in [0.2, 0.25) is 5.02 Å². The molecular formula is C21H26ClN3O4. The number of esters is 1. The van der Waals surface area contributed by atoms with Crippen LogP contribution in [-0.4, -0.2) is 49.3 Å². The molecule has 1 saturated heterocycles. The van der Waals surface area contributed by atoms with Crippen LogP contribution in [0.5, 0.6) is 0 Å². The highest BCUT2D eigenvalue weighted by Crippen LogP contribution is 2.40. The lowest BCUT2D eigenvalue weighted by molar-refractivity contribution is -0.152. The van der Waals surface area contributed by atoms with Gasteiger partial charge in [-0.2, -0.15) is 5.26 Å². The zero-order valence-corrected chi connectivity index (χ0v) is 17.4. The van der Waals surface area contributed by atoms with Crippen molar-refractivity contribution in [3.8, 4) is 6.07 Å². The van der Waals surface area contributed by atoms with Crippen molar-refractivity contribution in [1.29, 1.82) is 5.26 Å². The van der Waals surface area contributed by atoms with Gasteiger partial charge in [0.15, 0.2) is 0 Å². The molecule has 1 saturated carbocycles. The van der Waals surface area contributed by atoms with Gasteiger partial charge >= 0.3 is 12.1 Å². The van der Waals surface area contributed by atoms with Crippen molar-refractivity contribution in [3.05, 3.63) is 28.8 Å². The van der Waals surface area contributed by atoms with Gasteiger partial charge in [-0.3, -0.25) is 4.90 Å². The number of ether oxygens (including phenoxy) is 2. The highest BCUT2D eigenvalue weighted by atomic mass is 35.5. The molecule has 2 fully saturated rings. The summed E-state index contributed by atoms with van der Waals surface area (Å²) in [6.45, 7) is 2.52. The summed E-state index contributed by atoms with van der Waals surface area (Å²) < 4.78 is 10.1. The number of fused-ring (bicyclic) bond motifs is 1. The number of hydrogen-bond donors (Lipinski definition) is 1. The molecule has 156 valence electrons. The van der Waals surface area contributed by atoms with Crippen LogP contribution < -0.4 is 5.32 Å². The maximum atomic E-state index is 12.5. The average molecular weight is 420 g/mol. The van der Waals surface area contributed by atoms with Gasteiger partial charge in [0, 0.05) is 12.6 Å². The molecule has 0 radical (unpaired) electrons. The topological polar surface area (TPSA) is 91.7 Å². The number of carbonyl (C=O) groups excluding carboxylic acids is 2. The van der Waals surface area contributed by atoms with Crippen molar-refractivity contribution >= 4 is 29.4 Å². The number of hydrogen-bond acceptors (Lipinski definition) is 6. The predicted octanol–water partition coefficient (Wildman–Crippen LogP) is 3.81. The van der Waals surface area contributed by atoms with Crippen LogP contribution in [-0.2, 0) is 14.3 Å². The Labute approximate surface area is 175 Å². The fourth-order valence-electron chi connectivity index (χ4n) is 4.54. The van der Waals surface area contributed by atoms with E-state index in [0.29, 0.717) is 29.5 Å². The van der Waals surface area contributed by atoms with E-state index in [9.17, 15) is 14.9 Å². The second-order valence-electron chi connectivity index (χ2n) is 7.57. The van der Waals surface area contributed by atoms with Crippen molar-refractivity contribution in [2.24, 2.45) is 11.8 Å². The first-order chi connectivity index (χ1) is 14.0. The van der Waals surface area contributed by atoms with Crippen LogP contribution in [0.25, 0.3) is 0 Å². The quantitative estimate of drug-likeness (QED) is 0.746. The molecule has 4 atom stereocenters. The number of nitrogens with zero attached hydrogens (tertiary/aromatic N) is 2. The molecule has 1 aromatic rings. The van der Waals surface area contributed by atoms with Crippen molar-refractivity contribution in [2.45, 2.75) is 44.7 Å². The lowest BCUT2D eigenvalue weighted by atomic mass is 9.71. The van der Waals surface area contributed by atoms with Crippen molar-refractivity contribution in [2.75, 3.05) is 25.6 Å². The van der Waals surface area contributed by atoms with Gasteiger partial charge in [-0.15, -0.1) is 0 Å². The van der Waals surface area contributed by atoms with Gasteiger partial charge in [0.05, 0.1) is 30.0 Å². The van der Waals surface area contributed by atoms with E-state index in [1.54, 1.807) is 13.0 Å². The third kappa shape index (κ3) is 4.59. The maximum absolute atomic E-state index is 12.5. The molecule has 0 spiro atoms. The van der Waals surface area contributed by atoms with Crippen molar-refractivity contribution in [1.82, 2.24) is 4.90 Å². The first kappa shape index (κ1) is 21.3. The number of nitriles is 1. The minimum atomic E-state index is -0.622. The Morgan fingerprint density at radius 1 is 1.31 bits per heavy atom. The molecule has 1 heterocycles. The molecule has 29 heavy (non-hydrogen) atoms. The number of halogens is 1. The van der Waals surface area contributed by atoms with E-state index >= 15 is 0 Å². The predicted molar refractivity (Wildman–Crippen MR) is 109 cm³/mol. The summed E-state index contributed by atoms with van der Waals surface area (Å²) in [5.74, 6) is 0.210. The van der Waals surface area contributed by atoms with E-state index in [4.69, 9.17) is 21.1 Å². The lowest BCUT2D eigenvalue weighted by Gasteiger charge is -2.46. The van der Waals surface area contributed by atoms with Crippen LogP contribution >= 0.6 is 11.6 Å². The van der Waals surface area contributed by atoms with Gasteiger partial charge in [-0.05, 0) is 56.6 Å². The van der Waals surface area contributed by atoms with E-state index in [-0.39, 0.29) is 24.5 Å². The molecule has 1 aliphatic heterocycles. The minimum Gasteiger partial charge on any atom is -0.464 e. The number of piperidine rings is 1. The summed E-state index contributed by atoms with van der Waals surface area (Å²) in [5.41, 5.74) is 1.18. The molecule has 7 nitrogen and oxygen atoms in total. The molecule has 0 aromatic heterocycles. The summed E-state index contributed by atoms with van der Waals surface area (Å²) in [7, 11) is 1.33. The first-order valence-electron chi connectivity index (χ1n) is 9.94. The molecule has 0 unspecified atom stereocenters. The van der Waals surface area contributed by atoms with Gasteiger partial charge in [0.2, 0.25) is 0 Å². The smallest absolute Gasteiger partial charge is 0.410 e. The van der Waals surface area contributed by atoms with Crippen LogP contribution in [0.4, 0.5) is 10.5 Å². The number of benzene rings is 1. The summed E-state index contributed by atoms with van der Waals surface area (Å²) in [5, 5.41) is 13.3. The molecule has 1 amide bonds. The van der Waals surface area contributed by atoms with Crippen molar-refractivity contribution in [3.63, 3.8) is 0 Å². The minimum absolute atomic E-state index is 0.175. The second-order valence-corrected chi connectivity index (χ2v) is 7.98. The Bertz CT molecular complexity index is 810. The summed E-state index contributed by atoms with van der Waals surface area (Å²) in [6.07, 6.45) is 2.76. The zero-order valence-electron chi connectivity index (χ0n) is 16.7. The molecule has 3 rings (SSSR count). The maximum Gasteiger partial charge on any atom is 0.410 e. The fraction of sp³-hybridized carbons (Fsp3) is 0.571. The number of carbonyl (C=O) groups is 2. The SMILES string of the molecule is CCOC(=O)[C@@H]1C[C@H]2C[C@@H](Nc3cccc(Cl)c3C#N)CC[C@H]2CN1C(=O)OC. The molecule has 2 aliphatic rings. The van der Waals surface area contributed by atoms with Gasteiger partial charge in [0.25, 0.3) is 0 Å².